The van der Waals surface area contributed by atoms with Crippen molar-refractivity contribution in [3.8, 4) is 0 Å². The Balaban J connectivity index is 1.66. The van der Waals surface area contributed by atoms with Crippen LogP contribution in [0.15, 0.2) is 36.5 Å². The quantitative estimate of drug-likeness (QED) is 0.474. The molecule has 9 heteroatoms. The number of esters is 1. The van der Waals surface area contributed by atoms with Gasteiger partial charge in [0.1, 0.15) is 10.8 Å². The van der Waals surface area contributed by atoms with E-state index in [1.54, 1.807) is 29.1 Å². The second-order valence-electron chi connectivity index (χ2n) is 6.08. The number of thiophene rings is 1. The molecule has 0 saturated carbocycles. The predicted molar refractivity (Wildman–Crippen MR) is 113 cm³/mol. The van der Waals surface area contributed by atoms with Crippen LogP contribution in [0.5, 0.6) is 0 Å². The molecule has 0 unspecified atom stereocenters. The Hall–Kier alpha value is -2.78. The van der Waals surface area contributed by atoms with Crippen molar-refractivity contribution in [1.82, 2.24) is 9.78 Å². The van der Waals surface area contributed by atoms with Crippen molar-refractivity contribution < 1.29 is 13.9 Å². The van der Waals surface area contributed by atoms with Gasteiger partial charge in [-0.15, -0.1) is 11.3 Å². The lowest BCUT2D eigenvalue weighted by Crippen LogP contribution is -2.20. The number of nitrogens with zero attached hydrogens (tertiary/aromatic N) is 2. The maximum Gasteiger partial charge on any atom is 0.341 e. The van der Waals surface area contributed by atoms with Gasteiger partial charge in [-0.25, -0.2) is 9.18 Å². The van der Waals surface area contributed by atoms with Crippen LogP contribution in [0.25, 0.3) is 0 Å². The molecule has 0 bridgehead atoms. The van der Waals surface area contributed by atoms with Crippen LogP contribution in [-0.2, 0) is 11.3 Å². The zero-order valence-electron chi connectivity index (χ0n) is 15.6. The summed E-state index contributed by atoms with van der Waals surface area (Å²) in [5, 5.41) is 11.4. The van der Waals surface area contributed by atoms with E-state index in [0.717, 1.165) is 16.0 Å². The predicted octanol–water partition coefficient (Wildman–Crippen LogP) is 4.34. The Morgan fingerprint density at radius 1 is 1.25 bits per heavy atom. The standard InChI is InChI=1S/C19H19FN4O2S2/c1-11-12(2)28-17(16(11)18(25)26-3)22-19(27)21-15-8-9-24(23-15)10-13-4-6-14(20)7-5-13/h4-9H,10H2,1-3H3,(H2,21,22,23,27). The van der Waals surface area contributed by atoms with Crippen molar-refractivity contribution in [1.29, 1.82) is 0 Å². The minimum atomic E-state index is -0.407. The molecule has 0 radical (unpaired) electrons. The molecule has 146 valence electrons. The van der Waals surface area contributed by atoms with Crippen LogP contribution in [0.1, 0.15) is 26.4 Å². The number of anilines is 2. The highest BCUT2D eigenvalue weighted by Gasteiger charge is 2.20. The number of carbonyl (C=O) groups is 1. The number of benzene rings is 1. The number of methoxy groups -OCH3 is 1. The molecule has 1 aromatic carbocycles. The van der Waals surface area contributed by atoms with Crippen LogP contribution in [0.3, 0.4) is 0 Å². The van der Waals surface area contributed by atoms with Crippen molar-refractivity contribution in [3.63, 3.8) is 0 Å². The highest BCUT2D eigenvalue weighted by Crippen LogP contribution is 2.33. The number of hydrogen-bond donors (Lipinski definition) is 2. The maximum atomic E-state index is 13.0. The van der Waals surface area contributed by atoms with Gasteiger partial charge in [0.2, 0.25) is 0 Å². The van der Waals surface area contributed by atoms with Gasteiger partial charge in [-0.3, -0.25) is 4.68 Å². The Morgan fingerprint density at radius 3 is 2.64 bits per heavy atom. The molecule has 0 saturated heterocycles. The average molecular weight is 419 g/mol. The zero-order chi connectivity index (χ0) is 20.3. The molecular weight excluding hydrogens is 399 g/mol. The second-order valence-corrected chi connectivity index (χ2v) is 7.72. The number of halogens is 1. The fourth-order valence-corrected chi connectivity index (χ4v) is 3.93. The third-order valence-electron chi connectivity index (χ3n) is 4.14. The smallest absolute Gasteiger partial charge is 0.341 e. The first-order valence-electron chi connectivity index (χ1n) is 8.41. The molecule has 2 heterocycles. The Kier molecular flexibility index (Phi) is 6.05. The first-order chi connectivity index (χ1) is 13.4. The summed E-state index contributed by atoms with van der Waals surface area (Å²) >= 11 is 6.78. The van der Waals surface area contributed by atoms with E-state index in [0.29, 0.717) is 28.0 Å². The van der Waals surface area contributed by atoms with E-state index in [1.807, 2.05) is 13.8 Å². The van der Waals surface area contributed by atoms with Gasteiger partial charge in [-0.05, 0) is 49.3 Å². The first-order valence-corrected chi connectivity index (χ1v) is 9.64. The number of hydrogen-bond acceptors (Lipinski definition) is 5. The number of ether oxygens (including phenoxy) is 1. The molecule has 2 aromatic heterocycles. The van der Waals surface area contributed by atoms with Crippen LogP contribution in [0.4, 0.5) is 15.2 Å². The van der Waals surface area contributed by atoms with E-state index >= 15 is 0 Å². The molecule has 2 N–H and O–H groups in total. The number of aryl methyl sites for hydroxylation is 1. The lowest BCUT2D eigenvalue weighted by atomic mass is 10.1. The highest BCUT2D eigenvalue weighted by atomic mass is 32.1. The molecule has 0 amide bonds. The average Bonchev–Trinajstić information content (AvgIpc) is 3.20. The zero-order valence-corrected chi connectivity index (χ0v) is 17.2. The van der Waals surface area contributed by atoms with Crippen molar-refractivity contribution in [2.45, 2.75) is 20.4 Å². The van der Waals surface area contributed by atoms with Crippen molar-refractivity contribution in [2.75, 3.05) is 17.7 Å². The van der Waals surface area contributed by atoms with Crippen LogP contribution in [-0.4, -0.2) is 28.0 Å². The first kappa shape index (κ1) is 20.0. The Bertz CT molecular complexity index is 1010. The second kappa shape index (κ2) is 8.49. The van der Waals surface area contributed by atoms with Crippen LogP contribution >= 0.6 is 23.6 Å². The summed E-state index contributed by atoms with van der Waals surface area (Å²) in [4.78, 5) is 13.1. The van der Waals surface area contributed by atoms with Crippen LogP contribution in [0, 0.1) is 19.7 Å². The normalized spacial score (nSPS) is 10.6. The Morgan fingerprint density at radius 2 is 1.96 bits per heavy atom. The van der Waals surface area contributed by atoms with Crippen molar-refractivity contribution >= 4 is 45.5 Å². The summed E-state index contributed by atoms with van der Waals surface area (Å²) in [6, 6.07) is 8.05. The molecule has 0 aliphatic rings. The van der Waals surface area contributed by atoms with E-state index < -0.39 is 5.97 Å². The fourth-order valence-electron chi connectivity index (χ4n) is 2.61. The van der Waals surface area contributed by atoms with Crippen LogP contribution in [0.2, 0.25) is 0 Å². The number of carbonyl (C=O) groups excluding carboxylic acids is 1. The van der Waals surface area contributed by atoms with Gasteiger partial charge < -0.3 is 15.4 Å². The third kappa shape index (κ3) is 4.55. The molecule has 0 fully saturated rings. The molecule has 28 heavy (non-hydrogen) atoms. The minimum absolute atomic E-state index is 0.270. The van der Waals surface area contributed by atoms with Gasteiger partial charge in [-0.1, -0.05) is 12.1 Å². The Labute approximate surface area is 171 Å². The van der Waals surface area contributed by atoms with Gasteiger partial charge >= 0.3 is 5.97 Å². The summed E-state index contributed by atoms with van der Waals surface area (Å²) in [7, 11) is 1.35. The van der Waals surface area contributed by atoms with Gasteiger partial charge in [0.25, 0.3) is 0 Å². The molecular formula is C19H19FN4O2S2. The van der Waals surface area contributed by atoms with E-state index in [4.69, 9.17) is 17.0 Å². The van der Waals surface area contributed by atoms with E-state index in [1.165, 1.54) is 30.6 Å². The monoisotopic (exact) mass is 418 g/mol. The SMILES string of the molecule is COC(=O)c1c(NC(=S)Nc2ccn(Cc3ccc(F)cc3)n2)sc(C)c1C. The summed E-state index contributed by atoms with van der Waals surface area (Å²) < 4.78 is 19.6. The van der Waals surface area contributed by atoms with E-state index in [-0.39, 0.29) is 5.82 Å². The van der Waals surface area contributed by atoms with Gasteiger partial charge in [0, 0.05) is 17.1 Å². The minimum Gasteiger partial charge on any atom is -0.465 e. The van der Waals surface area contributed by atoms with Gasteiger partial charge in [0.15, 0.2) is 10.9 Å². The molecule has 3 aromatic rings. The molecule has 6 nitrogen and oxygen atoms in total. The highest BCUT2D eigenvalue weighted by molar-refractivity contribution is 7.80. The molecule has 0 aliphatic heterocycles. The molecule has 0 aliphatic carbocycles. The lowest BCUT2D eigenvalue weighted by Gasteiger charge is -2.09. The number of thiocarbonyl (C=S) groups is 1. The fraction of sp³-hybridized carbons (Fsp3) is 0.211. The third-order valence-corrected chi connectivity index (χ3v) is 5.47. The molecule has 0 spiro atoms. The number of aromatic nitrogens is 2. The van der Waals surface area contributed by atoms with E-state index in [2.05, 4.69) is 15.7 Å². The molecule has 0 atom stereocenters. The van der Waals surface area contributed by atoms with Gasteiger partial charge in [-0.2, -0.15) is 5.10 Å². The van der Waals surface area contributed by atoms with Crippen molar-refractivity contribution in [2.24, 2.45) is 0 Å². The van der Waals surface area contributed by atoms with Gasteiger partial charge in [0.05, 0.1) is 19.2 Å². The summed E-state index contributed by atoms with van der Waals surface area (Å²) in [5.74, 6) is -0.117. The lowest BCUT2D eigenvalue weighted by molar-refractivity contribution is 0.0601. The van der Waals surface area contributed by atoms with Crippen LogP contribution < -0.4 is 10.6 Å². The van der Waals surface area contributed by atoms with E-state index in [9.17, 15) is 9.18 Å². The summed E-state index contributed by atoms with van der Waals surface area (Å²) in [6.07, 6.45) is 1.80. The topological polar surface area (TPSA) is 68.2 Å². The largest absolute Gasteiger partial charge is 0.465 e. The molecule has 3 rings (SSSR count). The number of nitrogens with one attached hydrogen (secondary N) is 2. The number of rotatable bonds is 5. The van der Waals surface area contributed by atoms with Crippen molar-refractivity contribution in [3.05, 3.63) is 63.9 Å². The summed E-state index contributed by atoms with van der Waals surface area (Å²) in [5.41, 5.74) is 2.28. The maximum absolute atomic E-state index is 13.0. The summed E-state index contributed by atoms with van der Waals surface area (Å²) in [6.45, 7) is 4.32.